The van der Waals surface area contributed by atoms with E-state index in [0.717, 1.165) is 16.6 Å². The van der Waals surface area contributed by atoms with E-state index in [0.29, 0.717) is 5.56 Å². The Kier molecular flexibility index (Phi) is 2.57. The topological polar surface area (TPSA) is 44.9 Å². The van der Waals surface area contributed by atoms with Crippen molar-refractivity contribution < 1.29 is 4.79 Å². The van der Waals surface area contributed by atoms with Crippen LogP contribution in [0.5, 0.6) is 0 Å². The standard InChI is InChI=1S/C15H11N2O/c18-15(17-11-6-2-1-3-7-11)13-10-16-14-9-5-4-8-12(13)14/h2-10,16H,(H,17,18). The molecular formula is C15H11N2O. The van der Waals surface area contributed by atoms with Crippen LogP contribution < -0.4 is 5.32 Å². The Morgan fingerprint density at radius 1 is 1.11 bits per heavy atom. The van der Waals surface area contributed by atoms with Gasteiger partial charge in [0.25, 0.3) is 5.91 Å². The lowest BCUT2D eigenvalue weighted by Crippen LogP contribution is -2.11. The number of aromatic nitrogens is 1. The van der Waals surface area contributed by atoms with Crippen LogP contribution in [0.1, 0.15) is 10.4 Å². The number of fused-ring (bicyclic) bond motifs is 1. The first-order chi connectivity index (χ1) is 8.84. The van der Waals surface area contributed by atoms with E-state index >= 15 is 0 Å². The number of hydrogen-bond donors (Lipinski definition) is 2. The highest BCUT2D eigenvalue weighted by Crippen LogP contribution is 2.18. The van der Waals surface area contributed by atoms with Gasteiger partial charge in [0.15, 0.2) is 0 Å². The van der Waals surface area contributed by atoms with Crippen LogP contribution in [0.3, 0.4) is 0 Å². The zero-order valence-corrected chi connectivity index (χ0v) is 9.60. The van der Waals surface area contributed by atoms with E-state index in [1.165, 1.54) is 0 Å². The fraction of sp³-hybridized carbons (Fsp3) is 0. The summed E-state index contributed by atoms with van der Waals surface area (Å²) in [6.45, 7) is 0. The van der Waals surface area contributed by atoms with E-state index in [4.69, 9.17) is 0 Å². The molecule has 1 radical (unpaired) electrons. The van der Waals surface area contributed by atoms with Crippen molar-refractivity contribution >= 4 is 22.5 Å². The van der Waals surface area contributed by atoms with Gasteiger partial charge in [-0.3, -0.25) is 4.79 Å². The smallest absolute Gasteiger partial charge is 0.257 e. The Labute approximate surface area is 104 Å². The summed E-state index contributed by atoms with van der Waals surface area (Å²) < 4.78 is 0. The number of nitrogens with one attached hydrogen (secondary N) is 2. The fourth-order valence-corrected chi connectivity index (χ4v) is 1.93. The molecule has 3 aromatic rings. The molecule has 0 fully saturated rings. The van der Waals surface area contributed by atoms with Gasteiger partial charge in [-0.05, 0) is 24.3 Å². The average Bonchev–Trinajstić information content (AvgIpc) is 2.84. The summed E-state index contributed by atoms with van der Waals surface area (Å²) in [5, 5.41) is 3.79. The lowest BCUT2D eigenvalue weighted by Gasteiger charge is -2.03. The molecule has 0 aliphatic rings. The zero-order valence-electron chi connectivity index (χ0n) is 9.60. The predicted molar refractivity (Wildman–Crippen MR) is 71.5 cm³/mol. The zero-order chi connectivity index (χ0) is 12.4. The molecule has 0 atom stereocenters. The number of carbonyl (C=O) groups excluding carboxylic acids is 1. The van der Waals surface area contributed by atoms with Crippen molar-refractivity contribution in [3.8, 4) is 0 Å². The summed E-state index contributed by atoms with van der Waals surface area (Å²) in [5.41, 5.74) is 2.38. The van der Waals surface area contributed by atoms with Gasteiger partial charge in [-0.2, -0.15) is 0 Å². The second-order valence-corrected chi connectivity index (χ2v) is 3.99. The minimum atomic E-state index is -0.112. The number of para-hydroxylation sites is 1. The summed E-state index contributed by atoms with van der Waals surface area (Å²) in [7, 11) is 0. The molecule has 0 unspecified atom stereocenters. The quantitative estimate of drug-likeness (QED) is 0.703. The van der Waals surface area contributed by atoms with E-state index in [1.807, 2.05) is 36.4 Å². The molecule has 3 rings (SSSR count). The summed E-state index contributed by atoms with van der Waals surface area (Å²) in [4.78, 5) is 15.2. The molecule has 1 aromatic heterocycles. The number of carbonyl (C=O) groups is 1. The van der Waals surface area contributed by atoms with Gasteiger partial charge in [-0.25, -0.2) is 0 Å². The number of H-pyrrole nitrogens is 1. The largest absolute Gasteiger partial charge is 0.360 e. The van der Waals surface area contributed by atoms with E-state index < -0.39 is 0 Å². The predicted octanol–water partition coefficient (Wildman–Crippen LogP) is 3.22. The fourth-order valence-electron chi connectivity index (χ4n) is 1.93. The number of hydrogen-bond acceptors (Lipinski definition) is 1. The maximum atomic E-state index is 12.1. The monoisotopic (exact) mass is 235 g/mol. The van der Waals surface area contributed by atoms with Gasteiger partial charge in [0.05, 0.1) is 5.56 Å². The molecule has 2 aromatic carbocycles. The van der Waals surface area contributed by atoms with Crippen LogP contribution in [0, 0.1) is 6.07 Å². The second kappa shape index (κ2) is 4.37. The first-order valence-corrected chi connectivity index (χ1v) is 5.68. The van der Waals surface area contributed by atoms with Crippen LogP contribution in [-0.2, 0) is 0 Å². The molecule has 0 spiro atoms. The molecule has 1 heterocycles. The van der Waals surface area contributed by atoms with Gasteiger partial charge in [0, 0.05) is 22.8 Å². The Morgan fingerprint density at radius 2 is 1.89 bits per heavy atom. The van der Waals surface area contributed by atoms with Gasteiger partial charge in [0.1, 0.15) is 0 Å². The maximum absolute atomic E-state index is 12.1. The minimum Gasteiger partial charge on any atom is -0.360 e. The van der Waals surface area contributed by atoms with Crippen molar-refractivity contribution in [3.63, 3.8) is 0 Å². The van der Waals surface area contributed by atoms with Crippen LogP contribution in [0.2, 0.25) is 0 Å². The van der Waals surface area contributed by atoms with Gasteiger partial charge in [0.2, 0.25) is 0 Å². The highest BCUT2D eigenvalue weighted by molar-refractivity contribution is 6.12. The van der Waals surface area contributed by atoms with Crippen LogP contribution >= 0.6 is 0 Å². The molecule has 0 aliphatic carbocycles. The van der Waals surface area contributed by atoms with Crippen LogP contribution in [-0.4, -0.2) is 10.9 Å². The van der Waals surface area contributed by atoms with Gasteiger partial charge in [-0.15, -0.1) is 0 Å². The first kappa shape index (κ1) is 10.6. The number of anilines is 1. The summed E-state index contributed by atoms with van der Waals surface area (Å²) in [6, 6.07) is 17.8. The number of rotatable bonds is 2. The molecule has 18 heavy (non-hydrogen) atoms. The van der Waals surface area contributed by atoms with Gasteiger partial charge in [-0.1, -0.05) is 30.3 Å². The molecule has 2 N–H and O–H groups in total. The molecule has 87 valence electrons. The van der Waals surface area contributed by atoms with Crippen molar-refractivity contribution in [3.05, 3.63) is 66.4 Å². The summed E-state index contributed by atoms with van der Waals surface area (Å²) in [6.07, 6.45) is 1.73. The molecule has 0 bridgehead atoms. The minimum absolute atomic E-state index is 0.112. The Morgan fingerprint density at radius 3 is 2.72 bits per heavy atom. The first-order valence-electron chi connectivity index (χ1n) is 5.68. The van der Waals surface area contributed by atoms with E-state index in [-0.39, 0.29) is 5.91 Å². The lowest BCUT2D eigenvalue weighted by molar-refractivity contribution is 0.102. The maximum Gasteiger partial charge on any atom is 0.257 e. The molecule has 0 saturated carbocycles. The van der Waals surface area contributed by atoms with Crippen molar-refractivity contribution in [2.45, 2.75) is 0 Å². The number of aromatic amines is 1. The van der Waals surface area contributed by atoms with Crippen LogP contribution in [0.25, 0.3) is 10.9 Å². The van der Waals surface area contributed by atoms with Crippen molar-refractivity contribution in [1.82, 2.24) is 4.98 Å². The Bertz CT molecular complexity index is 686. The van der Waals surface area contributed by atoms with Crippen molar-refractivity contribution in [2.24, 2.45) is 0 Å². The average molecular weight is 235 g/mol. The normalized spacial score (nSPS) is 10.4. The highest BCUT2D eigenvalue weighted by Gasteiger charge is 2.11. The molecule has 1 amide bonds. The van der Waals surface area contributed by atoms with Crippen LogP contribution in [0.4, 0.5) is 5.69 Å². The highest BCUT2D eigenvalue weighted by atomic mass is 16.1. The summed E-state index contributed by atoms with van der Waals surface area (Å²) in [5.74, 6) is -0.112. The van der Waals surface area contributed by atoms with Crippen LogP contribution in [0.15, 0.2) is 54.7 Å². The Hall–Kier alpha value is -2.55. The Balaban J connectivity index is 1.93. The SMILES string of the molecule is O=C(Nc1cc[c]cc1)c1c[nH]c2ccccc12. The molecule has 0 saturated heterocycles. The van der Waals surface area contributed by atoms with E-state index in [2.05, 4.69) is 16.4 Å². The van der Waals surface area contributed by atoms with Crippen molar-refractivity contribution in [2.75, 3.05) is 5.32 Å². The molecular weight excluding hydrogens is 224 g/mol. The second-order valence-electron chi connectivity index (χ2n) is 3.99. The van der Waals surface area contributed by atoms with E-state index in [9.17, 15) is 4.79 Å². The number of amides is 1. The van der Waals surface area contributed by atoms with E-state index in [1.54, 1.807) is 18.3 Å². The third-order valence-electron chi connectivity index (χ3n) is 2.81. The third-order valence-corrected chi connectivity index (χ3v) is 2.81. The molecule has 3 nitrogen and oxygen atoms in total. The van der Waals surface area contributed by atoms with Crippen molar-refractivity contribution in [1.29, 1.82) is 0 Å². The van der Waals surface area contributed by atoms with Gasteiger partial charge < -0.3 is 10.3 Å². The molecule has 0 aliphatic heterocycles. The third kappa shape index (κ3) is 1.86. The summed E-state index contributed by atoms with van der Waals surface area (Å²) >= 11 is 0. The molecule has 3 heteroatoms. The lowest BCUT2D eigenvalue weighted by atomic mass is 10.1. The van der Waals surface area contributed by atoms with Gasteiger partial charge >= 0.3 is 0 Å². The number of benzene rings is 2.